The van der Waals surface area contributed by atoms with Crippen molar-refractivity contribution >= 4 is 28.8 Å². The Bertz CT molecular complexity index is 589. The fourth-order valence-electron chi connectivity index (χ4n) is 3.14. The Labute approximate surface area is 140 Å². The number of thioether (sulfide) groups is 1. The molecule has 2 fully saturated rings. The van der Waals surface area contributed by atoms with Gasteiger partial charge < -0.3 is 4.90 Å². The molecule has 1 atom stereocenters. The highest BCUT2D eigenvalue weighted by atomic mass is 32.2. The fraction of sp³-hybridized carbons (Fsp3) is 0.471. The van der Waals surface area contributed by atoms with Crippen molar-refractivity contribution in [3.05, 3.63) is 35.9 Å². The summed E-state index contributed by atoms with van der Waals surface area (Å²) in [4.78, 5) is 38.9. The smallest absolute Gasteiger partial charge is 0.289 e. The van der Waals surface area contributed by atoms with Crippen molar-refractivity contribution in [3.8, 4) is 0 Å². The van der Waals surface area contributed by atoms with E-state index in [0.29, 0.717) is 25.9 Å². The molecule has 122 valence electrons. The van der Waals surface area contributed by atoms with Crippen LogP contribution in [0.3, 0.4) is 0 Å². The molecule has 0 aliphatic carbocycles. The Kier molecular flexibility index (Phi) is 5.00. The van der Waals surface area contributed by atoms with Gasteiger partial charge in [0.05, 0.1) is 11.8 Å². The average Bonchev–Trinajstić information content (AvgIpc) is 3.15. The molecule has 5 nitrogen and oxygen atoms in total. The number of likely N-dealkylation sites (tertiary alicyclic amines) is 1. The molecule has 0 aromatic heterocycles. The largest absolute Gasteiger partial charge is 0.341 e. The summed E-state index contributed by atoms with van der Waals surface area (Å²) in [5.74, 6) is 0.235. The number of hydrogen-bond donors (Lipinski definition) is 0. The number of imide groups is 1. The SMILES string of the molecule is O=C(CCCc1ccccc1)N1CCC(N2C(=O)CSC2=O)C1. The van der Waals surface area contributed by atoms with Crippen LogP contribution >= 0.6 is 11.8 Å². The molecule has 0 N–H and O–H groups in total. The lowest BCUT2D eigenvalue weighted by Gasteiger charge is -2.22. The van der Waals surface area contributed by atoms with E-state index in [1.807, 2.05) is 18.2 Å². The van der Waals surface area contributed by atoms with Gasteiger partial charge in [-0.25, -0.2) is 0 Å². The summed E-state index contributed by atoms with van der Waals surface area (Å²) in [6.45, 7) is 1.12. The minimum absolute atomic E-state index is 0.121. The van der Waals surface area contributed by atoms with Gasteiger partial charge in [-0.3, -0.25) is 19.3 Å². The van der Waals surface area contributed by atoms with E-state index in [2.05, 4.69) is 12.1 Å². The molecule has 2 aliphatic rings. The van der Waals surface area contributed by atoms with Crippen molar-refractivity contribution in [1.29, 1.82) is 0 Å². The molecular weight excluding hydrogens is 312 g/mol. The standard InChI is InChI=1S/C17H20N2O3S/c20-15(8-4-7-13-5-2-1-3-6-13)18-10-9-14(11-18)19-16(21)12-23-17(19)22/h1-3,5-6,14H,4,7-12H2. The minimum atomic E-state index is -0.168. The zero-order valence-electron chi connectivity index (χ0n) is 12.9. The zero-order chi connectivity index (χ0) is 16.2. The maximum atomic E-state index is 12.3. The molecule has 1 unspecified atom stereocenters. The van der Waals surface area contributed by atoms with Crippen LogP contribution in [0.25, 0.3) is 0 Å². The summed E-state index contributed by atoms with van der Waals surface area (Å²) in [6.07, 6.45) is 2.92. The molecule has 2 aliphatic heterocycles. The van der Waals surface area contributed by atoms with Crippen molar-refractivity contribution < 1.29 is 14.4 Å². The van der Waals surface area contributed by atoms with E-state index < -0.39 is 0 Å². The van der Waals surface area contributed by atoms with E-state index in [9.17, 15) is 14.4 Å². The van der Waals surface area contributed by atoms with E-state index in [4.69, 9.17) is 0 Å². The second-order valence-corrected chi connectivity index (χ2v) is 6.87. The lowest BCUT2D eigenvalue weighted by Crippen LogP contribution is -2.41. The Morgan fingerprint density at radius 1 is 1.22 bits per heavy atom. The number of aryl methyl sites for hydroxylation is 1. The highest BCUT2D eigenvalue weighted by molar-refractivity contribution is 8.14. The van der Waals surface area contributed by atoms with E-state index in [1.54, 1.807) is 4.90 Å². The number of carbonyl (C=O) groups is 3. The Morgan fingerprint density at radius 2 is 2.00 bits per heavy atom. The maximum absolute atomic E-state index is 12.3. The molecular formula is C17H20N2O3S. The third-order valence-electron chi connectivity index (χ3n) is 4.36. The van der Waals surface area contributed by atoms with Gasteiger partial charge in [-0.2, -0.15) is 0 Å². The molecule has 0 spiro atoms. The van der Waals surface area contributed by atoms with Gasteiger partial charge in [0.1, 0.15) is 0 Å². The Morgan fingerprint density at radius 3 is 2.70 bits per heavy atom. The topological polar surface area (TPSA) is 57.7 Å². The van der Waals surface area contributed by atoms with E-state index in [0.717, 1.165) is 24.6 Å². The Hall–Kier alpha value is -1.82. The van der Waals surface area contributed by atoms with Crippen LogP contribution in [0.15, 0.2) is 30.3 Å². The number of rotatable bonds is 5. The van der Waals surface area contributed by atoms with Crippen LogP contribution in [0.1, 0.15) is 24.8 Å². The summed E-state index contributed by atoms with van der Waals surface area (Å²) < 4.78 is 0. The van der Waals surface area contributed by atoms with Gasteiger partial charge in [0, 0.05) is 19.5 Å². The predicted molar refractivity (Wildman–Crippen MR) is 89.1 cm³/mol. The van der Waals surface area contributed by atoms with Crippen molar-refractivity contribution in [2.75, 3.05) is 18.8 Å². The highest BCUT2D eigenvalue weighted by Gasteiger charge is 2.39. The minimum Gasteiger partial charge on any atom is -0.341 e. The summed E-state index contributed by atoms with van der Waals surface area (Å²) in [5, 5.41) is -0.168. The van der Waals surface area contributed by atoms with Gasteiger partial charge in [0.15, 0.2) is 0 Å². The summed E-state index contributed by atoms with van der Waals surface area (Å²) in [7, 11) is 0. The highest BCUT2D eigenvalue weighted by Crippen LogP contribution is 2.26. The predicted octanol–water partition coefficient (Wildman–Crippen LogP) is 2.31. The van der Waals surface area contributed by atoms with Crippen LogP contribution in [0, 0.1) is 0 Å². The van der Waals surface area contributed by atoms with Gasteiger partial charge in [-0.15, -0.1) is 0 Å². The quantitative estimate of drug-likeness (QED) is 0.830. The third-order valence-corrected chi connectivity index (χ3v) is 5.20. The summed E-state index contributed by atoms with van der Waals surface area (Å²) in [5.41, 5.74) is 1.24. The van der Waals surface area contributed by atoms with Gasteiger partial charge in [0.25, 0.3) is 5.24 Å². The fourth-order valence-corrected chi connectivity index (χ4v) is 3.92. The third kappa shape index (κ3) is 3.75. The van der Waals surface area contributed by atoms with E-state index in [1.165, 1.54) is 10.5 Å². The molecule has 6 heteroatoms. The number of benzene rings is 1. The average molecular weight is 332 g/mol. The second kappa shape index (κ2) is 7.17. The molecule has 3 amide bonds. The molecule has 2 heterocycles. The first kappa shape index (κ1) is 16.1. The van der Waals surface area contributed by atoms with Crippen LogP contribution in [0.4, 0.5) is 4.79 Å². The molecule has 1 aromatic rings. The Balaban J connectivity index is 1.46. The number of hydrogen-bond acceptors (Lipinski definition) is 4. The maximum Gasteiger partial charge on any atom is 0.289 e. The van der Waals surface area contributed by atoms with E-state index in [-0.39, 0.29) is 28.8 Å². The monoisotopic (exact) mass is 332 g/mol. The molecule has 23 heavy (non-hydrogen) atoms. The van der Waals surface area contributed by atoms with Crippen LogP contribution in [0.5, 0.6) is 0 Å². The van der Waals surface area contributed by atoms with Crippen LogP contribution in [-0.2, 0) is 16.0 Å². The number of amides is 3. The molecule has 3 rings (SSSR count). The lowest BCUT2D eigenvalue weighted by atomic mass is 10.1. The normalized spacial score (nSPS) is 21.3. The van der Waals surface area contributed by atoms with Gasteiger partial charge >= 0.3 is 0 Å². The molecule has 0 bridgehead atoms. The van der Waals surface area contributed by atoms with Crippen LogP contribution in [-0.4, -0.2) is 51.7 Å². The van der Waals surface area contributed by atoms with Crippen LogP contribution in [0.2, 0.25) is 0 Å². The van der Waals surface area contributed by atoms with Gasteiger partial charge in [-0.05, 0) is 24.8 Å². The summed E-state index contributed by atoms with van der Waals surface area (Å²) >= 11 is 1.06. The first-order chi connectivity index (χ1) is 11.1. The number of carbonyl (C=O) groups excluding carboxylic acids is 3. The first-order valence-corrected chi connectivity index (χ1v) is 8.94. The zero-order valence-corrected chi connectivity index (χ0v) is 13.8. The first-order valence-electron chi connectivity index (χ1n) is 7.95. The summed E-state index contributed by atoms with van der Waals surface area (Å²) in [6, 6.07) is 9.99. The molecule has 0 saturated carbocycles. The van der Waals surface area contributed by atoms with Crippen molar-refractivity contribution in [2.45, 2.75) is 31.7 Å². The molecule has 1 aromatic carbocycles. The van der Waals surface area contributed by atoms with Crippen molar-refractivity contribution in [1.82, 2.24) is 9.80 Å². The van der Waals surface area contributed by atoms with E-state index >= 15 is 0 Å². The second-order valence-electron chi connectivity index (χ2n) is 5.94. The lowest BCUT2D eigenvalue weighted by molar-refractivity contribution is -0.131. The molecule has 2 saturated heterocycles. The van der Waals surface area contributed by atoms with Crippen molar-refractivity contribution in [2.24, 2.45) is 0 Å². The van der Waals surface area contributed by atoms with Crippen LogP contribution < -0.4 is 0 Å². The number of nitrogens with zero attached hydrogens (tertiary/aromatic N) is 2. The molecule has 0 radical (unpaired) electrons. The van der Waals surface area contributed by atoms with Gasteiger partial charge in [0.2, 0.25) is 11.8 Å². The van der Waals surface area contributed by atoms with Gasteiger partial charge in [-0.1, -0.05) is 42.1 Å². The van der Waals surface area contributed by atoms with Crippen molar-refractivity contribution in [3.63, 3.8) is 0 Å².